The van der Waals surface area contributed by atoms with E-state index in [9.17, 15) is 4.79 Å². The smallest absolute Gasteiger partial charge is 0.305 e. The van der Waals surface area contributed by atoms with E-state index in [1.807, 2.05) is 0 Å². The Morgan fingerprint density at radius 1 is 0.661 bits per heavy atom. The summed E-state index contributed by atoms with van der Waals surface area (Å²) < 4.78 is 5.89. The zero-order chi connectivity index (χ0) is 37.3. The Labute approximate surface area is 339 Å². The van der Waals surface area contributed by atoms with Crippen molar-refractivity contribution in [3.63, 3.8) is 0 Å². The normalized spacial score (nSPS) is 22.8. The van der Waals surface area contributed by atoms with Crippen LogP contribution in [0.5, 0.6) is 0 Å². The molecule has 19 rings (SSSR count). The van der Waals surface area contributed by atoms with Crippen LogP contribution in [-0.4, -0.2) is 12.6 Å². The van der Waals surface area contributed by atoms with E-state index in [0.29, 0.717) is 18.9 Å². The molecule has 0 aliphatic heterocycles. The molecular formula is C56H30O2S. The summed E-state index contributed by atoms with van der Waals surface area (Å²) in [6.07, 6.45) is 9.00. The molecule has 1 aromatic heterocycles. The Hall–Kier alpha value is -6.03. The molecule has 59 heavy (non-hydrogen) atoms. The first-order chi connectivity index (χ1) is 29.2. The predicted molar refractivity (Wildman–Crippen MR) is 243 cm³/mol. The van der Waals surface area contributed by atoms with Gasteiger partial charge in [-0.05, 0) is 218 Å². The van der Waals surface area contributed by atoms with Crippen LogP contribution < -0.4 is 10.4 Å². The highest BCUT2D eigenvalue weighted by Gasteiger charge is 2.79. The Morgan fingerprint density at radius 3 is 2.19 bits per heavy atom. The van der Waals surface area contributed by atoms with E-state index >= 15 is 0 Å². The van der Waals surface area contributed by atoms with Crippen molar-refractivity contribution < 1.29 is 9.53 Å². The van der Waals surface area contributed by atoms with E-state index in [0.717, 1.165) is 38.5 Å². The van der Waals surface area contributed by atoms with E-state index in [-0.39, 0.29) is 16.8 Å². The number of carbonyl (C=O) groups is 1. The van der Waals surface area contributed by atoms with Crippen molar-refractivity contribution in [2.45, 2.75) is 61.7 Å². The fraction of sp³-hybridized carbons (Fsp3) is 0.196. The summed E-state index contributed by atoms with van der Waals surface area (Å²) in [7, 11) is 0. The number of ether oxygens (including phenoxy) is 1. The van der Waals surface area contributed by atoms with Gasteiger partial charge < -0.3 is 4.74 Å². The summed E-state index contributed by atoms with van der Waals surface area (Å²) in [5.74, 6) is 0.244. The SMILES string of the molecule is O=C(CCCC1(c2ccccc2)C2c3cc4c5c6c(cc7c8c9c%10c%11c(cc%12cc%13c%14c(c%15c3c5c3c%15c5c%14c%12c%11c5c9c3c68)C21C=%13)CC=%10C7)C4)OCCc1ccsc1. The second-order valence-corrected chi connectivity index (χ2v) is 20.6. The average Bonchev–Trinajstić information content (AvgIpc) is 4.03. The molecular weight excluding hydrogens is 737 g/mol. The molecule has 1 fully saturated rings. The highest BCUT2D eigenvalue weighted by molar-refractivity contribution is 7.08. The Bertz CT molecular complexity index is 4340. The number of fused-ring (bicyclic) bond motifs is 1. The summed E-state index contributed by atoms with van der Waals surface area (Å²) in [6.45, 7) is 0.451. The van der Waals surface area contributed by atoms with Gasteiger partial charge in [-0.3, -0.25) is 4.79 Å². The lowest BCUT2D eigenvalue weighted by Gasteiger charge is -2.25. The van der Waals surface area contributed by atoms with Gasteiger partial charge in [-0.15, -0.1) is 0 Å². The van der Waals surface area contributed by atoms with Crippen molar-refractivity contribution >= 4 is 137 Å². The van der Waals surface area contributed by atoms with Crippen molar-refractivity contribution in [2.24, 2.45) is 0 Å². The third-order valence-corrected chi connectivity index (χ3v) is 18.7. The Balaban J connectivity index is 0.973. The maximum Gasteiger partial charge on any atom is 0.305 e. The number of thiophene rings is 1. The summed E-state index contributed by atoms with van der Waals surface area (Å²) in [5, 5.41) is 38.9. The van der Waals surface area contributed by atoms with Crippen LogP contribution in [-0.2, 0) is 46.0 Å². The molecule has 2 nitrogen and oxygen atoms in total. The minimum Gasteiger partial charge on any atom is -0.465 e. The minimum absolute atomic E-state index is 0.0625. The van der Waals surface area contributed by atoms with Crippen molar-refractivity contribution in [1.29, 1.82) is 0 Å². The topological polar surface area (TPSA) is 26.3 Å². The summed E-state index contributed by atoms with van der Waals surface area (Å²) in [6, 6.07) is 24.3. The third kappa shape index (κ3) is 2.45. The lowest BCUT2D eigenvalue weighted by Crippen LogP contribution is -2.20. The summed E-state index contributed by atoms with van der Waals surface area (Å²) in [4.78, 5) is 13.5. The molecule has 1 spiro atoms. The van der Waals surface area contributed by atoms with Gasteiger partial charge in [-0.1, -0.05) is 60.2 Å². The standard InChI is InChI=1S/C56H30O2S/c57-32(58-11-8-22-9-12-59-21-22)7-4-10-55(30-5-2-1-3-6-30)54-31-19-28-17-25-15-26-14-23-13-24-16-27-18-29-20-56(54,55)53-39(29)44-38(27)43-34(24)33(23)41-37(26)42-35(25)36(28)45-40(31)52(53)51-49(44)47(43)46(41)48(42)50(45)51/h1-3,5-6,9,12,15-16,18-21,54H,4,7-8,10-11,13-14,17H2. The average molecular weight is 767 g/mol. The van der Waals surface area contributed by atoms with Gasteiger partial charge in [-0.2, -0.15) is 11.3 Å². The van der Waals surface area contributed by atoms with Crippen molar-refractivity contribution in [2.75, 3.05) is 6.61 Å². The number of rotatable bonds is 8. The first-order valence-electron chi connectivity index (χ1n) is 21.9. The first kappa shape index (κ1) is 28.4. The number of esters is 1. The Morgan fingerprint density at radius 2 is 1.36 bits per heavy atom. The highest BCUT2D eigenvalue weighted by atomic mass is 32.1. The number of hydrogen-bond donors (Lipinski definition) is 0. The first-order valence-corrected chi connectivity index (χ1v) is 22.9. The number of hydrogen-bond acceptors (Lipinski definition) is 3. The molecule has 3 heteroatoms. The zero-order valence-corrected chi connectivity index (χ0v) is 32.8. The van der Waals surface area contributed by atoms with E-state index in [1.54, 1.807) is 158 Å². The molecule has 6 aliphatic rings. The zero-order valence-electron chi connectivity index (χ0n) is 32.0. The monoisotopic (exact) mass is 766 g/mol. The van der Waals surface area contributed by atoms with Crippen LogP contribution in [0.3, 0.4) is 0 Å². The van der Waals surface area contributed by atoms with Gasteiger partial charge in [0, 0.05) is 29.6 Å². The molecule has 1 saturated carbocycles. The van der Waals surface area contributed by atoms with Gasteiger partial charge in [0.1, 0.15) is 0 Å². The third-order valence-electron chi connectivity index (χ3n) is 17.9. The van der Waals surface area contributed by atoms with E-state index in [1.165, 1.54) is 21.7 Å². The van der Waals surface area contributed by atoms with E-state index in [4.69, 9.17) is 4.74 Å². The van der Waals surface area contributed by atoms with Crippen molar-refractivity contribution in [3.8, 4) is 0 Å². The maximum atomic E-state index is 13.5. The molecule has 0 bridgehead atoms. The largest absolute Gasteiger partial charge is 0.465 e. The van der Waals surface area contributed by atoms with Gasteiger partial charge >= 0.3 is 5.97 Å². The maximum absolute atomic E-state index is 13.5. The molecule has 1 heterocycles. The lowest BCUT2D eigenvalue weighted by atomic mass is 9.77. The van der Waals surface area contributed by atoms with Crippen LogP contribution in [0.2, 0.25) is 0 Å². The molecule has 6 aliphatic carbocycles. The molecule has 0 saturated heterocycles. The molecule has 0 amide bonds. The van der Waals surface area contributed by atoms with Gasteiger partial charge in [0.15, 0.2) is 0 Å². The highest BCUT2D eigenvalue weighted by Crippen LogP contribution is 2.84. The van der Waals surface area contributed by atoms with E-state index < -0.39 is 0 Å². The molecule has 3 atom stereocenters. The fourth-order valence-electron chi connectivity index (χ4n) is 16.6. The van der Waals surface area contributed by atoms with Crippen LogP contribution in [0.1, 0.15) is 69.7 Å². The van der Waals surface area contributed by atoms with Crippen LogP contribution in [0.25, 0.3) is 119 Å². The van der Waals surface area contributed by atoms with Crippen LogP contribution in [0, 0.1) is 0 Å². The summed E-state index contributed by atoms with van der Waals surface area (Å²) >= 11 is 1.70. The second-order valence-electron chi connectivity index (χ2n) is 19.8. The van der Waals surface area contributed by atoms with Crippen LogP contribution >= 0.6 is 11.3 Å². The quantitative estimate of drug-likeness (QED) is 0.114. The minimum atomic E-state index is -0.175. The van der Waals surface area contributed by atoms with Gasteiger partial charge in [0.2, 0.25) is 0 Å². The molecule has 12 aromatic carbocycles. The number of benzene rings is 9. The molecule has 272 valence electrons. The lowest BCUT2D eigenvalue weighted by molar-refractivity contribution is -0.143. The van der Waals surface area contributed by atoms with Gasteiger partial charge in [-0.25, -0.2) is 0 Å². The van der Waals surface area contributed by atoms with Gasteiger partial charge in [0.05, 0.1) is 6.61 Å². The molecule has 13 aromatic rings. The molecule has 0 radical (unpaired) electrons. The van der Waals surface area contributed by atoms with Crippen molar-refractivity contribution in [3.05, 3.63) is 126 Å². The summed E-state index contributed by atoms with van der Waals surface area (Å²) in [5.41, 5.74) is 13.5. The van der Waals surface area contributed by atoms with Crippen LogP contribution in [0.4, 0.5) is 0 Å². The second kappa shape index (κ2) is 8.24. The Kier molecular flexibility index (Phi) is 3.97. The van der Waals surface area contributed by atoms with E-state index in [2.05, 4.69) is 77.5 Å². The van der Waals surface area contributed by atoms with Crippen molar-refractivity contribution in [1.82, 2.24) is 0 Å². The predicted octanol–water partition coefficient (Wildman–Crippen LogP) is 11.5. The van der Waals surface area contributed by atoms with Gasteiger partial charge in [0.25, 0.3) is 0 Å². The molecule has 0 N–H and O–H groups in total. The van der Waals surface area contributed by atoms with Crippen LogP contribution in [0.15, 0.2) is 71.4 Å². The fourth-order valence-corrected chi connectivity index (χ4v) is 17.3. The molecule has 3 unspecified atom stereocenters. The number of carbonyl (C=O) groups excluding carboxylic acids is 1.